The van der Waals surface area contributed by atoms with Crippen molar-refractivity contribution in [3.05, 3.63) is 35.8 Å². The van der Waals surface area contributed by atoms with Gasteiger partial charge in [0.1, 0.15) is 5.82 Å². The number of aromatic amines is 1. The molecular formula is C18H24FN3O2. The number of fused-ring (bicyclic) bond motifs is 1. The number of benzene rings is 1. The van der Waals surface area contributed by atoms with Crippen molar-refractivity contribution in [2.24, 2.45) is 5.92 Å². The highest BCUT2D eigenvalue weighted by atomic mass is 19.1. The Kier molecular flexibility index (Phi) is 5.35. The third-order valence-corrected chi connectivity index (χ3v) is 4.72. The highest BCUT2D eigenvalue weighted by molar-refractivity contribution is 5.83. The van der Waals surface area contributed by atoms with Crippen molar-refractivity contribution in [1.29, 1.82) is 0 Å². The second kappa shape index (κ2) is 7.66. The molecular weight excluding hydrogens is 309 g/mol. The van der Waals surface area contributed by atoms with E-state index in [2.05, 4.69) is 15.6 Å². The van der Waals surface area contributed by atoms with Crippen molar-refractivity contribution >= 4 is 16.9 Å². The molecule has 0 bridgehead atoms. The minimum Gasteiger partial charge on any atom is -0.393 e. The van der Waals surface area contributed by atoms with Crippen molar-refractivity contribution < 1.29 is 14.3 Å². The van der Waals surface area contributed by atoms with Crippen LogP contribution in [-0.2, 0) is 6.42 Å². The van der Waals surface area contributed by atoms with Gasteiger partial charge >= 0.3 is 6.03 Å². The number of hydrogen-bond donors (Lipinski definition) is 4. The molecule has 1 aromatic carbocycles. The largest absolute Gasteiger partial charge is 0.393 e. The summed E-state index contributed by atoms with van der Waals surface area (Å²) in [5.74, 6) is 0.0971. The number of aromatic nitrogens is 1. The summed E-state index contributed by atoms with van der Waals surface area (Å²) in [7, 11) is 0. The first-order chi connectivity index (χ1) is 11.6. The lowest BCUT2D eigenvalue weighted by molar-refractivity contribution is 0.101. The average Bonchev–Trinajstić information content (AvgIpc) is 2.95. The minimum atomic E-state index is -0.260. The molecule has 2 atom stereocenters. The van der Waals surface area contributed by atoms with Crippen molar-refractivity contribution in [2.45, 2.75) is 38.2 Å². The summed E-state index contributed by atoms with van der Waals surface area (Å²) in [6.07, 6.45) is 5.97. The lowest BCUT2D eigenvalue weighted by atomic mass is 9.87. The van der Waals surface area contributed by atoms with E-state index < -0.39 is 0 Å². The molecule has 0 radical (unpaired) electrons. The van der Waals surface area contributed by atoms with E-state index >= 15 is 0 Å². The first-order valence-electron chi connectivity index (χ1n) is 8.57. The molecule has 2 amide bonds. The van der Waals surface area contributed by atoms with Crippen LogP contribution in [0.3, 0.4) is 0 Å². The van der Waals surface area contributed by atoms with E-state index in [1.807, 2.05) is 6.20 Å². The van der Waals surface area contributed by atoms with E-state index in [1.54, 1.807) is 6.07 Å². The van der Waals surface area contributed by atoms with Crippen LogP contribution in [-0.4, -0.2) is 35.3 Å². The Balaban J connectivity index is 1.42. The maximum Gasteiger partial charge on any atom is 0.314 e. The van der Waals surface area contributed by atoms with Crippen LogP contribution in [0.15, 0.2) is 24.4 Å². The Labute approximate surface area is 140 Å². The summed E-state index contributed by atoms with van der Waals surface area (Å²) in [5.41, 5.74) is 1.88. The fourth-order valence-corrected chi connectivity index (χ4v) is 3.42. The molecule has 0 spiro atoms. The highest BCUT2D eigenvalue weighted by Crippen LogP contribution is 2.23. The Morgan fingerprint density at radius 2 is 2.21 bits per heavy atom. The molecule has 0 saturated heterocycles. The summed E-state index contributed by atoms with van der Waals surface area (Å²) in [5, 5.41) is 16.2. The first-order valence-corrected chi connectivity index (χ1v) is 8.57. The van der Waals surface area contributed by atoms with Crippen LogP contribution in [0.2, 0.25) is 0 Å². The molecule has 1 fully saturated rings. The SMILES string of the molecule is O=C(NCCc1c[nH]c2ccc(F)cc12)NCC1CCCC(O)C1. The molecule has 130 valence electrons. The van der Waals surface area contributed by atoms with Gasteiger partial charge in [-0.1, -0.05) is 6.42 Å². The molecule has 0 aliphatic heterocycles. The fourth-order valence-electron chi connectivity index (χ4n) is 3.42. The normalized spacial score (nSPS) is 20.9. The van der Waals surface area contributed by atoms with E-state index in [0.717, 1.165) is 42.1 Å². The predicted octanol–water partition coefficient (Wildman–Crippen LogP) is 2.70. The van der Waals surface area contributed by atoms with Crippen LogP contribution in [0.25, 0.3) is 10.9 Å². The van der Waals surface area contributed by atoms with Gasteiger partial charge in [0.15, 0.2) is 0 Å². The van der Waals surface area contributed by atoms with Gasteiger partial charge < -0.3 is 20.7 Å². The third kappa shape index (κ3) is 4.26. The topological polar surface area (TPSA) is 77.2 Å². The summed E-state index contributed by atoms with van der Waals surface area (Å²) in [6, 6.07) is 4.46. The molecule has 3 rings (SSSR count). The minimum absolute atomic E-state index is 0.193. The Bertz CT molecular complexity index is 701. The van der Waals surface area contributed by atoms with E-state index in [4.69, 9.17) is 0 Å². The van der Waals surface area contributed by atoms with Crippen LogP contribution < -0.4 is 10.6 Å². The highest BCUT2D eigenvalue weighted by Gasteiger charge is 2.20. The zero-order valence-electron chi connectivity index (χ0n) is 13.6. The summed E-state index contributed by atoms with van der Waals surface area (Å²) in [4.78, 5) is 15.0. The fraction of sp³-hybridized carbons (Fsp3) is 0.500. The lowest BCUT2D eigenvalue weighted by Gasteiger charge is -2.25. The van der Waals surface area contributed by atoms with Gasteiger partial charge in [0.25, 0.3) is 0 Å². The standard InChI is InChI=1S/C18H24FN3O2/c19-14-4-5-17-16(9-14)13(11-21-17)6-7-20-18(24)22-10-12-2-1-3-15(23)8-12/h4-5,9,11-12,15,21,23H,1-3,6-8,10H2,(H2,20,22,24). The number of carbonyl (C=O) groups is 1. The van der Waals surface area contributed by atoms with Crippen molar-refractivity contribution in [3.63, 3.8) is 0 Å². The Hall–Kier alpha value is -2.08. The van der Waals surface area contributed by atoms with Gasteiger partial charge in [-0.05, 0) is 55.4 Å². The first kappa shape index (κ1) is 16.8. The molecule has 5 nitrogen and oxygen atoms in total. The Morgan fingerprint density at radius 1 is 1.33 bits per heavy atom. The number of carbonyl (C=O) groups excluding carboxylic acids is 1. The van der Waals surface area contributed by atoms with Crippen molar-refractivity contribution in [2.75, 3.05) is 13.1 Å². The van der Waals surface area contributed by atoms with E-state index in [1.165, 1.54) is 12.1 Å². The third-order valence-electron chi connectivity index (χ3n) is 4.72. The van der Waals surface area contributed by atoms with Crippen LogP contribution in [0, 0.1) is 11.7 Å². The second-order valence-corrected chi connectivity index (χ2v) is 6.58. The molecule has 4 N–H and O–H groups in total. The van der Waals surface area contributed by atoms with E-state index in [0.29, 0.717) is 25.4 Å². The van der Waals surface area contributed by atoms with Gasteiger partial charge in [-0.15, -0.1) is 0 Å². The van der Waals surface area contributed by atoms with Crippen LogP contribution in [0.1, 0.15) is 31.2 Å². The maximum atomic E-state index is 13.3. The number of amides is 2. The quantitative estimate of drug-likeness (QED) is 0.679. The van der Waals surface area contributed by atoms with Crippen LogP contribution in [0.5, 0.6) is 0 Å². The summed E-state index contributed by atoms with van der Waals surface area (Å²) in [6.45, 7) is 1.09. The number of rotatable bonds is 5. The molecule has 1 aliphatic rings. The van der Waals surface area contributed by atoms with Crippen LogP contribution in [0.4, 0.5) is 9.18 Å². The van der Waals surface area contributed by atoms with Crippen molar-refractivity contribution in [1.82, 2.24) is 15.6 Å². The van der Waals surface area contributed by atoms with Gasteiger partial charge in [-0.3, -0.25) is 0 Å². The molecule has 2 unspecified atom stereocenters. The molecule has 24 heavy (non-hydrogen) atoms. The van der Waals surface area contributed by atoms with E-state index in [9.17, 15) is 14.3 Å². The molecule has 6 heteroatoms. The predicted molar refractivity (Wildman–Crippen MR) is 91.3 cm³/mol. The zero-order valence-corrected chi connectivity index (χ0v) is 13.6. The number of nitrogens with one attached hydrogen (secondary N) is 3. The molecule has 1 saturated carbocycles. The Morgan fingerprint density at radius 3 is 3.04 bits per heavy atom. The van der Waals surface area contributed by atoms with Gasteiger partial charge in [0.05, 0.1) is 6.10 Å². The summed E-state index contributed by atoms with van der Waals surface area (Å²) >= 11 is 0. The smallest absolute Gasteiger partial charge is 0.314 e. The van der Waals surface area contributed by atoms with Gasteiger partial charge in [0, 0.05) is 30.2 Å². The van der Waals surface area contributed by atoms with Crippen LogP contribution >= 0.6 is 0 Å². The number of aliphatic hydroxyl groups excluding tert-OH is 1. The van der Waals surface area contributed by atoms with E-state index in [-0.39, 0.29) is 18.0 Å². The summed E-state index contributed by atoms with van der Waals surface area (Å²) < 4.78 is 13.3. The number of aliphatic hydroxyl groups is 1. The second-order valence-electron chi connectivity index (χ2n) is 6.58. The molecule has 1 aromatic heterocycles. The van der Waals surface area contributed by atoms with Crippen molar-refractivity contribution in [3.8, 4) is 0 Å². The number of urea groups is 1. The molecule has 2 aromatic rings. The lowest BCUT2D eigenvalue weighted by Crippen LogP contribution is -2.40. The number of H-pyrrole nitrogens is 1. The van der Waals surface area contributed by atoms with Gasteiger partial charge in [0.2, 0.25) is 0 Å². The number of hydrogen-bond acceptors (Lipinski definition) is 2. The average molecular weight is 333 g/mol. The monoisotopic (exact) mass is 333 g/mol. The number of halogens is 1. The maximum absolute atomic E-state index is 13.3. The zero-order chi connectivity index (χ0) is 16.9. The van der Waals surface area contributed by atoms with Gasteiger partial charge in [-0.2, -0.15) is 0 Å². The molecule has 1 aliphatic carbocycles. The molecule has 1 heterocycles. The van der Waals surface area contributed by atoms with Gasteiger partial charge in [-0.25, -0.2) is 9.18 Å².